The molecule has 2 aromatic heterocycles. The minimum absolute atomic E-state index is 0.625. The van der Waals surface area contributed by atoms with E-state index in [1.54, 1.807) is 11.3 Å². The summed E-state index contributed by atoms with van der Waals surface area (Å²) in [6.45, 7) is 7.76. The van der Waals surface area contributed by atoms with Crippen molar-refractivity contribution in [1.82, 2.24) is 19.6 Å². The number of hydrogen-bond donors (Lipinski definition) is 1. The molecule has 1 fully saturated rings. The number of rotatable bonds is 3. The van der Waals surface area contributed by atoms with Gasteiger partial charge in [0.25, 0.3) is 0 Å². The van der Waals surface area contributed by atoms with Crippen molar-refractivity contribution in [2.24, 2.45) is 5.92 Å². The molecular weight excluding hydrogens is 256 g/mol. The molecule has 1 aliphatic heterocycles. The maximum absolute atomic E-state index is 4.60. The van der Waals surface area contributed by atoms with E-state index in [-0.39, 0.29) is 0 Å². The Morgan fingerprint density at radius 3 is 3.16 bits per heavy atom. The van der Waals surface area contributed by atoms with Crippen LogP contribution in [0.5, 0.6) is 0 Å². The molecule has 5 heteroatoms. The normalized spacial score (nSPS) is 25.2. The molecule has 2 aromatic rings. The number of aryl methyl sites for hydroxylation is 1. The van der Waals surface area contributed by atoms with E-state index in [1.165, 1.54) is 25.2 Å². The Balaban J connectivity index is 1.69. The number of piperidine rings is 1. The second-order valence-corrected chi connectivity index (χ2v) is 6.59. The molecule has 2 unspecified atom stereocenters. The van der Waals surface area contributed by atoms with E-state index < -0.39 is 0 Å². The summed E-state index contributed by atoms with van der Waals surface area (Å²) in [7, 11) is 2.21. The Morgan fingerprint density at radius 2 is 2.37 bits per heavy atom. The summed E-state index contributed by atoms with van der Waals surface area (Å²) in [5, 5.41) is 5.83. The highest BCUT2D eigenvalue weighted by molar-refractivity contribution is 7.15. The number of nitrogens with zero attached hydrogens (tertiary/aromatic N) is 3. The zero-order chi connectivity index (χ0) is 13.4. The van der Waals surface area contributed by atoms with Gasteiger partial charge in [-0.25, -0.2) is 4.98 Å². The third-order valence-electron chi connectivity index (χ3n) is 4.20. The molecule has 0 spiro atoms. The van der Waals surface area contributed by atoms with Crippen LogP contribution in [-0.2, 0) is 6.54 Å². The molecule has 3 rings (SSSR count). The minimum atomic E-state index is 0.625. The molecule has 0 saturated carbocycles. The van der Waals surface area contributed by atoms with E-state index in [1.807, 2.05) is 0 Å². The predicted molar refractivity (Wildman–Crippen MR) is 79.7 cm³/mol. The van der Waals surface area contributed by atoms with E-state index >= 15 is 0 Å². The topological polar surface area (TPSA) is 32.6 Å². The van der Waals surface area contributed by atoms with Gasteiger partial charge in [-0.05, 0) is 32.9 Å². The van der Waals surface area contributed by atoms with E-state index in [0.717, 1.165) is 17.2 Å². The smallest absolute Gasteiger partial charge is 0.194 e. The molecule has 1 saturated heterocycles. The first-order valence-electron chi connectivity index (χ1n) is 6.98. The van der Waals surface area contributed by atoms with Crippen molar-refractivity contribution in [2.75, 3.05) is 20.1 Å². The Labute approximate surface area is 118 Å². The molecular formula is C14H22N4S. The predicted octanol–water partition coefficient (Wildman–Crippen LogP) is 2.13. The molecule has 2 atom stereocenters. The maximum atomic E-state index is 4.60. The summed E-state index contributed by atoms with van der Waals surface area (Å²) in [6.07, 6.45) is 3.36. The molecule has 0 aliphatic carbocycles. The number of thiazole rings is 1. The zero-order valence-corrected chi connectivity index (χ0v) is 12.7. The van der Waals surface area contributed by atoms with Crippen molar-refractivity contribution >= 4 is 16.3 Å². The van der Waals surface area contributed by atoms with Crippen LogP contribution in [0, 0.1) is 12.8 Å². The molecule has 0 radical (unpaired) electrons. The Bertz CT molecular complexity index is 559. The molecule has 104 valence electrons. The van der Waals surface area contributed by atoms with Gasteiger partial charge < -0.3 is 10.2 Å². The first-order valence-corrected chi connectivity index (χ1v) is 7.86. The first kappa shape index (κ1) is 13.1. The van der Waals surface area contributed by atoms with Gasteiger partial charge in [0.1, 0.15) is 0 Å². The molecule has 0 aromatic carbocycles. The fourth-order valence-corrected chi connectivity index (χ4v) is 3.82. The van der Waals surface area contributed by atoms with Crippen LogP contribution >= 0.6 is 11.3 Å². The van der Waals surface area contributed by atoms with E-state index in [4.69, 9.17) is 0 Å². The lowest BCUT2D eigenvalue weighted by atomic mass is 9.94. The summed E-state index contributed by atoms with van der Waals surface area (Å²) >= 11 is 1.70. The largest absolute Gasteiger partial charge is 0.308 e. The van der Waals surface area contributed by atoms with Gasteiger partial charge in [-0.1, -0.05) is 6.92 Å². The number of imidazole rings is 1. The van der Waals surface area contributed by atoms with Crippen LogP contribution in [0.4, 0.5) is 0 Å². The zero-order valence-electron chi connectivity index (χ0n) is 11.9. The van der Waals surface area contributed by atoms with Crippen LogP contribution in [-0.4, -0.2) is 40.5 Å². The molecule has 0 amide bonds. The quantitative estimate of drug-likeness (QED) is 0.933. The van der Waals surface area contributed by atoms with Gasteiger partial charge in [0.15, 0.2) is 4.96 Å². The van der Waals surface area contributed by atoms with Gasteiger partial charge in [-0.15, -0.1) is 11.3 Å². The number of aromatic nitrogens is 2. The highest BCUT2D eigenvalue weighted by Gasteiger charge is 2.24. The fourth-order valence-electron chi connectivity index (χ4n) is 3.04. The summed E-state index contributed by atoms with van der Waals surface area (Å²) in [5.41, 5.74) is 2.46. The third-order valence-corrected chi connectivity index (χ3v) is 4.96. The highest BCUT2D eigenvalue weighted by Crippen LogP contribution is 2.19. The summed E-state index contributed by atoms with van der Waals surface area (Å²) in [4.78, 5) is 8.12. The minimum Gasteiger partial charge on any atom is -0.308 e. The average molecular weight is 278 g/mol. The van der Waals surface area contributed by atoms with Gasteiger partial charge in [0.05, 0.1) is 11.4 Å². The standard InChI is InChI=1S/C14H22N4S/c1-10-9-17(3)5-4-12(10)15-8-13-11(2)16-14-18(13)6-7-19-14/h6-7,10,12,15H,4-5,8-9H2,1-3H3. The maximum Gasteiger partial charge on any atom is 0.194 e. The van der Waals surface area contributed by atoms with Crippen LogP contribution in [0.3, 0.4) is 0 Å². The van der Waals surface area contributed by atoms with Gasteiger partial charge in [-0.2, -0.15) is 0 Å². The third kappa shape index (κ3) is 2.55. The Hall–Kier alpha value is -0.910. The van der Waals surface area contributed by atoms with Crippen molar-refractivity contribution < 1.29 is 0 Å². The molecule has 1 aliphatic rings. The number of nitrogens with one attached hydrogen (secondary N) is 1. The lowest BCUT2D eigenvalue weighted by molar-refractivity contribution is 0.174. The molecule has 0 bridgehead atoms. The van der Waals surface area contributed by atoms with Crippen LogP contribution in [0.25, 0.3) is 4.96 Å². The second-order valence-electron chi connectivity index (χ2n) is 5.72. The SMILES string of the molecule is Cc1nc2sccn2c1CNC1CCN(C)CC1C. The first-order chi connectivity index (χ1) is 9.15. The fraction of sp³-hybridized carbons (Fsp3) is 0.643. The number of fused-ring (bicyclic) bond motifs is 1. The summed E-state index contributed by atoms with van der Waals surface area (Å²) in [6, 6.07) is 0.625. The Morgan fingerprint density at radius 1 is 1.53 bits per heavy atom. The van der Waals surface area contributed by atoms with Crippen LogP contribution < -0.4 is 5.32 Å². The van der Waals surface area contributed by atoms with Gasteiger partial charge in [0.2, 0.25) is 0 Å². The van der Waals surface area contributed by atoms with Crippen molar-refractivity contribution in [3.8, 4) is 0 Å². The van der Waals surface area contributed by atoms with Crippen molar-refractivity contribution in [2.45, 2.75) is 32.9 Å². The monoisotopic (exact) mass is 278 g/mol. The lowest BCUT2D eigenvalue weighted by Crippen LogP contribution is -2.46. The summed E-state index contributed by atoms with van der Waals surface area (Å²) in [5.74, 6) is 0.713. The van der Waals surface area contributed by atoms with Crippen LogP contribution in [0.2, 0.25) is 0 Å². The van der Waals surface area contributed by atoms with E-state index in [2.05, 4.69) is 52.1 Å². The summed E-state index contributed by atoms with van der Waals surface area (Å²) < 4.78 is 2.21. The van der Waals surface area contributed by atoms with Gasteiger partial charge >= 0.3 is 0 Å². The van der Waals surface area contributed by atoms with E-state index in [0.29, 0.717) is 12.0 Å². The average Bonchev–Trinajstić information content (AvgIpc) is 2.90. The van der Waals surface area contributed by atoms with Crippen molar-refractivity contribution in [3.05, 3.63) is 23.0 Å². The van der Waals surface area contributed by atoms with Crippen LogP contribution in [0.15, 0.2) is 11.6 Å². The number of likely N-dealkylation sites (tertiary alicyclic amines) is 1. The number of hydrogen-bond acceptors (Lipinski definition) is 4. The lowest BCUT2D eigenvalue weighted by Gasteiger charge is -2.35. The van der Waals surface area contributed by atoms with Crippen molar-refractivity contribution in [3.63, 3.8) is 0 Å². The second kappa shape index (κ2) is 5.23. The molecule has 3 heterocycles. The Kier molecular flexibility index (Phi) is 3.60. The van der Waals surface area contributed by atoms with Crippen molar-refractivity contribution in [1.29, 1.82) is 0 Å². The molecule has 4 nitrogen and oxygen atoms in total. The van der Waals surface area contributed by atoms with Gasteiger partial charge in [0, 0.05) is 30.7 Å². The highest BCUT2D eigenvalue weighted by atomic mass is 32.1. The molecule has 19 heavy (non-hydrogen) atoms. The van der Waals surface area contributed by atoms with Gasteiger partial charge in [-0.3, -0.25) is 4.40 Å². The van der Waals surface area contributed by atoms with Crippen LogP contribution in [0.1, 0.15) is 24.7 Å². The molecule has 1 N–H and O–H groups in total. The van der Waals surface area contributed by atoms with E-state index in [9.17, 15) is 0 Å².